The zero-order valence-electron chi connectivity index (χ0n) is 14.4. The van der Waals surface area contributed by atoms with Crippen molar-refractivity contribution in [3.05, 3.63) is 70.1 Å². The van der Waals surface area contributed by atoms with Crippen molar-refractivity contribution < 1.29 is 22.8 Å². The number of carbonyl (C=O) groups excluding carboxylic acids is 2. The molecule has 1 saturated heterocycles. The van der Waals surface area contributed by atoms with Crippen molar-refractivity contribution in [2.45, 2.75) is 6.18 Å². The second kappa shape index (κ2) is 7.76. The molecular weight excluding hydrogens is 409 g/mol. The summed E-state index contributed by atoms with van der Waals surface area (Å²) in [5, 5.41) is 2.29. The average Bonchev–Trinajstić information content (AvgIpc) is 2.88. The van der Waals surface area contributed by atoms with Gasteiger partial charge in [-0.05, 0) is 35.9 Å². The number of thiocarbonyl (C=S) groups is 1. The summed E-state index contributed by atoms with van der Waals surface area (Å²) < 4.78 is 39.6. The fourth-order valence-electron chi connectivity index (χ4n) is 2.46. The van der Waals surface area contributed by atoms with Crippen LogP contribution in [0.25, 0.3) is 6.08 Å². The van der Waals surface area contributed by atoms with Crippen LogP contribution >= 0.6 is 24.0 Å². The van der Waals surface area contributed by atoms with Gasteiger partial charge in [0, 0.05) is 12.6 Å². The molecule has 3 rings (SSSR count). The summed E-state index contributed by atoms with van der Waals surface area (Å²) in [6.07, 6.45) is -2.93. The van der Waals surface area contributed by atoms with E-state index in [1.807, 2.05) is 0 Å². The first-order chi connectivity index (χ1) is 13.2. The Bertz CT molecular complexity index is 985. The third-order valence-electron chi connectivity index (χ3n) is 3.94. The molecule has 2 aromatic rings. The van der Waals surface area contributed by atoms with Crippen molar-refractivity contribution in [3.63, 3.8) is 0 Å². The van der Waals surface area contributed by atoms with Crippen LogP contribution in [0.2, 0.25) is 0 Å². The van der Waals surface area contributed by atoms with Gasteiger partial charge in [-0.25, -0.2) is 0 Å². The van der Waals surface area contributed by atoms with Crippen molar-refractivity contribution in [2.24, 2.45) is 0 Å². The van der Waals surface area contributed by atoms with Gasteiger partial charge < -0.3 is 5.32 Å². The molecule has 1 aliphatic heterocycles. The molecule has 1 heterocycles. The molecule has 0 unspecified atom stereocenters. The van der Waals surface area contributed by atoms with Gasteiger partial charge in [0.25, 0.3) is 11.8 Å². The van der Waals surface area contributed by atoms with E-state index in [0.29, 0.717) is 14.8 Å². The van der Waals surface area contributed by atoms with Crippen LogP contribution in [0.4, 0.5) is 18.9 Å². The Balaban J connectivity index is 1.77. The summed E-state index contributed by atoms with van der Waals surface area (Å²) >= 11 is 6.24. The van der Waals surface area contributed by atoms with Gasteiger partial charge in [0.2, 0.25) is 0 Å². The van der Waals surface area contributed by atoms with E-state index in [2.05, 4.69) is 5.32 Å². The van der Waals surface area contributed by atoms with E-state index in [1.165, 1.54) is 47.0 Å². The maximum Gasteiger partial charge on any atom is 0.418 e. The molecule has 1 N–H and O–H groups in total. The number of nitrogens with zero attached hydrogens (tertiary/aromatic N) is 1. The van der Waals surface area contributed by atoms with Gasteiger partial charge in [-0.15, -0.1) is 0 Å². The van der Waals surface area contributed by atoms with E-state index in [-0.39, 0.29) is 17.2 Å². The van der Waals surface area contributed by atoms with Crippen molar-refractivity contribution in [1.29, 1.82) is 0 Å². The number of carbonyl (C=O) groups is 2. The summed E-state index contributed by atoms with van der Waals surface area (Å²) in [6.45, 7) is 0. The molecule has 9 heteroatoms. The Morgan fingerprint density at radius 2 is 1.79 bits per heavy atom. The molecule has 1 aliphatic rings. The highest BCUT2D eigenvalue weighted by atomic mass is 32.2. The number of alkyl halides is 3. The highest BCUT2D eigenvalue weighted by Gasteiger charge is 2.33. The number of likely N-dealkylation sites (N-methyl/N-ethyl adjacent to an activating group) is 1. The van der Waals surface area contributed by atoms with Crippen LogP contribution < -0.4 is 5.32 Å². The van der Waals surface area contributed by atoms with Crippen LogP contribution in [0.3, 0.4) is 0 Å². The lowest BCUT2D eigenvalue weighted by molar-refractivity contribution is -0.137. The second-order valence-electron chi connectivity index (χ2n) is 5.86. The van der Waals surface area contributed by atoms with E-state index in [4.69, 9.17) is 12.2 Å². The normalized spacial score (nSPS) is 16.0. The number of nitrogens with one attached hydrogen (secondary N) is 1. The van der Waals surface area contributed by atoms with Crippen molar-refractivity contribution in [3.8, 4) is 0 Å². The predicted molar refractivity (Wildman–Crippen MR) is 107 cm³/mol. The summed E-state index contributed by atoms with van der Waals surface area (Å²) in [5.41, 5.74) is -0.365. The van der Waals surface area contributed by atoms with Gasteiger partial charge in [0.1, 0.15) is 4.32 Å². The van der Waals surface area contributed by atoms with Gasteiger partial charge in [-0.3, -0.25) is 14.5 Å². The zero-order valence-corrected chi connectivity index (χ0v) is 16.0. The van der Waals surface area contributed by atoms with E-state index in [0.717, 1.165) is 6.07 Å². The Kier molecular flexibility index (Phi) is 5.57. The van der Waals surface area contributed by atoms with Crippen molar-refractivity contribution in [2.75, 3.05) is 12.4 Å². The smallest absolute Gasteiger partial charge is 0.321 e. The van der Waals surface area contributed by atoms with Crippen molar-refractivity contribution in [1.82, 2.24) is 4.90 Å². The first-order valence-electron chi connectivity index (χ1n) is 7.96. The molecule has 0 aromatic heterocycles. The van der Waals surface area contributed by atoms with E-state index < -0.39 is 17.6 Å². The van der Waals surface area contributed by atoms with E-state index in [1.54, 1.807) is 25.3 Å². The molecule has 0 saturated carbocycles. The highest BCUT2D eigenvalue weighted by molar-refractivity contribution is 8.26. The van der Waals surface area contributed by atoms with E-state index in [9.17, 15) is 22.8 Å². The molecule has 0 spiro atoms. The Hall–Kier alpha value is -2.65. The minimum atomic E-state index is -4.57. The topological polar surface area (TPSA) is 49.4 Å². The van der Waals surface area contributed by atoms with Gasteiger partial charge in [0.15, 0.2) is 0 Å². The lowest BCUT2D eigenvalue weighted by atomic mass is 10.1. The molecule has 0 bridgehead atoms. The fourth-order valence-corrected chi connectivity index (χ4v) is 3.64. The van der Waals surface area contributed by atoms with E-state index >= 15 is 0 Å². The zero-order chi connectivity index (χ0) is 20.5. The fraction of sp³-hybridized carbons (Fsp3) is 0.105. The number of hydrogen-bond donors (Lipinski definition) is 1. The largest absolute Gasteiger partial charge is 0.418 e. The average molecular weight is 422 g/mol. The van der Waals surface area contributed by atoms with Crippen LogP contribution in [-0.2, 0) is 11.0 Å². The Morgan fingerprint density at radius 3 is 2.36 bits per heavy atom. The lowest BCUT2D eigenvalue weighted by Crippen LogP contribution is -2.22. The van der Waals surface area contributed by atoms with Gasteiger partial charge >= 0.3 is 6.18 Å². The Labute approximate surface area is 168 Å². The maximum atomic E-state index is 13.0. The maximum absolute atomic E-state index is 13.0. The molecule has 144 valence electrons. The monoisotopic (exact) mass is 422 g/mol. The first-order valence-corrected chi connectivity index (χ1v) is 9.18. The number of benzene rings is 2. The molecule has 0 aliphatic carbocycles. The number of para-hydroxylation sites is 1. The first kappa shape index (κ1) is 20.1. The Morgan fingerprint density at radius 1 is 1.14 bits per heavy atom. The van der Waals surface area contributed by atoms with Gasteiger partial charge in [-0.1, -0.05) is 48.2 Å². The van der Waals surface area contributed by atoms with Crippen LogP contribution in [0.15, 0.2) is 53.4 Å². The molecule has 28 heavy (non-hydrogen) atoms. The number of thioether (sulfide) groups is 1. The quantitative estimate of drug-likeness (QED) is 0.571. The molecule has 0 atom stereocenters. The number of rotatable bonds is 3. The highest BCUT2D eigenvalue weighted by Crippen LogP contribution is 2.35. The van der Waals surface area contributed by atoms with Crippen LogP contribution in [0.1, 0.15) is 21.5 Å². The predicted octanol–water partition coefficient (Wildman–Crippen LogP) is 4.79. The van der Waals surface area contributed by atoms with Crippen LogP contribution in [0.5, 0.6) is 0 Å². The third kappa shape index (κ3) is 4.26. The van der Waals surface area contributed by atoms with Crippen molar-refractivity contribution >= 4 is 51.9 Å². The number of amides is 2. The van der Waals surface area contributed by atoms with Gasteiger partial charge in [0.05, 0.1) is 16.2 Å². The molecule has 2 aromatic carbocycles. The minimum absolute atomic E-state index is 0.192. The summed E-state index contributed by atoms with van der Waals surface area (Å²) in [6, 6.07) is 10.9. The number of anilines is 1. The van der Waals surface area contributed by atoms with Gasteiger partial charge in [-0.2, -0.15) is 13.2 Å². The lowest BCUT2D eigenvalue weighted by Gasteiger charge is -2.13. The SMILES string of the molecule is CN1C(=O)/C(=C/c2ccc(C(=O)Nc3ccccc3C(F)(F)F)cc2)SC1=S. The molecule has 0 radical (unpaired) electrons. The standard InChI is InChI=1S/C19H13F3N2O2S2/c1-24-17(26)15(28-18(24)27)10-11-6-8-12(9-7-11)16(25)23-14-5-3-2-4-13(14)19(20,21)22/h2-10H,1H3,(H,23,25)/b15-10-. The molecule has 1 fully saturated rings. The summed E-state index contributed by atoms with van der Waals surface area (Å²) in [4.78, 5) is 26.1. The molecule has 2 amide bonds. The second-order valence-corrected chi connectivity index (χ2v) is 7.54. The molecule has 4 nitrogen and oxygen atoms in total. The summed E-state index contributed by atoms with van der Waals surface area (Å²) in [5.74, 6) is -0.872. The third-order valence-corrected chi connectivity index (χ3v) is 5.42. The van der Waals surface area contributed by atoms with Crippen LogP contribution in [0, 0.1) is 0 Å². The molecular formula is C19H13F3N2O2S2. The minimum Gasteiger partial charge on any atom is -0.321 e. The number of hydrogen-bond acceptors (Lipinski definition) is 4. The van der Waals surface area contributed by atoms with Crippen LogP contribution in [-0.4, -0.2) is 28.1 Å². The number of halogens is 3. The summed E-state index contributed by atoms with van der Waals surface area (Å²) in [7, 11) is 1.59.